The zero-order chi connectivity index (χ0) is 30.1. The smallest absolute Gasteiger partial charge is 0.314 e. The van der Waals surface area contributed by atoms with E-state index in [9.17, 15) is 4.79 Å². The topological polar surface area (TPSA) is 61.3 Å². The van der Waals surface area contributed by atoms with Crippen LogP contribution in [0.3, 0.4) is 0 Å². The standard InChI is InChI=1S/C38H58N2O3/c1-3-5-7-9-10-12-14-30-15-17-31(18-16-30)32-19-21-34(22-20-32)38(41)43-35-25-23-33(24-26-35)37-39-28-36(29-40-37)42-27-13-11-8-6-4-2/h23-26,28-32,34H,3-22,27H2,1-2H3. The van der Waals surface area contributed by atoms with Gasteiger partial charge in [-0.1, -0.05) is 97.3 Å². The molecule has 0 radical (unpaired) electrons. The molecule has 5 nitrogen and oxygen atoms in total. The highest BCUT2D eigenvalue weighted by atomic mass is 16.5. The number of carbonyl (C=O) groups excluding carboxylic acids is 1. The molecule has 1 aromatic heterocycles. The predicted molar refractivity (Wildman–Crippen MR) is 176 cm³/mol. The zero-order valence-electron chi connectivity index (χ0n) is 27.2. The molecule has 238 valence electrons. The summed E-state index contributed by atoms with van der Waals surface area (Å²) in [6, 6.07) is 7.55. The van der Waals surface area contributed by atoms with Crippen molar-refractivity contribution in [2.75, 3.05) is 6.61 Å². The molecule has 2 aromatic rings. The number of nitrogens with zero attached hydrogens (tertiary/aromatic N) is 2. The fourth-order valence-corrected chi connectivity index (χ4v) is 7.29. The maximum atomic E-state index is 13.0. The Balaban J connectivity index is 1.11. The molecular weight excluding hydrogens is 532 g/mol. The first kappa shape index (κ1) is 33.5. The van der Waals surface area contributed by atoms with Crippen LogP contribution in [0, 0.1) is 23.7 Å². The SMILES string of the molecule is CCCCCCCCC1CCC(C2CCC(C(=O)Oc3ccc(-c4ncc(OCCCCCCC)cn4)cc3)CC2)CC1. The van der Waals surface area contributed by atoms with E-state index in [1.54, 1.807) is 12.4 Å². The van der Waals surface area contributed by atoms with Crippen molar-refractivity contribution >= 4 is 5.97 Å². The van der Waals surface area contributed by atoms with Crippen LogP contribution in [-0.4, -0.2) is 22.5 Å². The second kappa shape index (κ2) is 19.1. The summed E-state index contributed by atoms with van der Waals surface area (Å²) in [7, 11) is 0. The molecule has 0 unspecified atom stereocenters. The number of carbonyl (C=O) groups is 1. The van der Waals surface area contributed by atoms with Crippen molar-refractivity contribution in [3.05, 3.63) is 36.7 Å². The van der Waals surface area contributed by atoms with E-state index >= 15 is 0 Å². The first-order valence-electron chi connectivity index (χ1n) is 17.9. The van der Waals surface area contributed by atoms with E-state index in [1.165, 1.54) is 109 Å². The fourth-order valence-electron chi connectivity index (χ4n) is 7.29. The lowest BCUT2D eigenvalue weighted by atomic mass is 9.68. The van der Waals surface area contributed by atoms with Gasteiger partial charge >= 0.3 is 5.97 Å². The summed E-state index contributed by atoms with van der Waals surface area (Å²) in [6.45, 7) is 5.22. The third-order valence-electron chi connectivity index (χ3n) is 10.1. The number of benzene rings is 1. The molecule has 43 heavy (non-hydrogen) atoms. The molecule has 0 spiro atoms. The third-order valence-corrected chi connectivity index (χ3v) is 10.1. The van der Waals surface area contributed by atoms with Gasteiger partial charge in [0.05, 0.1) is 24.9 Å². The average Bonchev–Trinajstić information content (AvgIpc) is 3.05. The maximum Gasteiger partial charge on any atom is 0.314 e. The van der Waals surface area contributed by atoms with Crippen molar-refractivity contribution in [3.8, 4) is 22.9 Å². The Kier molecular flexibility index (Phi) is 14.8. The summed E-state index contributed by atoms with van der Waals surface area (Å²) in [5.74, 6) is 4.56. The highest BCUT2D eigenvalue weighted by Gasteiger charge is 2.33. The van der Waals surface area contributed by atoms with Gasteiger partial charge in [-0.05, 0) is 87.0 Å². The molecule has 2 aliphatic carbocycles. The molecule has 2 aliphatic rings. The number of rotatable bonds is 18. The molecule has 5 heteroatoms. The van der Waals surface area contributed by atoms with Crippen molar-refractivity contribution in [2.24, 2.45) is 23.7 Å². The Hall–Kier alpha value is -2.43. The molecule has 4 rings (SSSR count). The summed E-state index contributed by atoms with van der Waals surface area (Å²) >= 11 is 0. The van der Waals surface area contributed by atoms with Crippen LogP contribution in [0.25, 0.3) is 11.4 Å². The molecule has 0 N–H and O–H groups in total. The van der Waals surface area contributed by atoms with E-state index in [4.69, 9.17) is 9.47 Å². The van der Waals surface area contributed by atoms with Gasteiger partial charge in [-0.3, -0.25) is 4.79 Å². The number of esters is 1. The van der Waals surface area contributed by atoms with Gasteiger partial charge < -0.3 is 9.47 Å². The number of hydrogen-bond donors (Lipinski definition) is 0. The van der Waals surface area contributed by atoms with Gasteiger partial charge in [0, 0.05) is 5.56 Å². The van der Waals surface area contributed by atoms with Crippen molar-refractivity contribution in [1.29, 1.82) is 0 Å². The fraction of sp³-hybridized carbons (Fsp3) is 0.711. The van der Waals surface area contributed by atoms with E-state index in [0.29, 0.717) is 23.9 Å². The van der Waals surface area contributed by atoms with Gasteiger partial charge in [-0.25, -0.2) is 9.97 Å². The molecule has 0 atom stereocenters. The molecule has 1 heterocycles. The van der Waals surface area contributed by atoms with Gasteiger partial charge in [0.2, 0.25) is 0 Å². The highest BCUT2D eigenvalue weighted by Crippen LogP contribution is 2.42. The number of unbranched alkanes of at least 4 members (excludes halogenated alkanes) is 9. The van der Waals surface area contributed by atoms with Crippen LogP contribution in [0.5, 0.6) is 11.5 Å². The second-order valence-corrected chi connectivity index (χ2v) is 13.4. The normalized spacial score (nSPS) is 22.3. The third kappa shape index (κ3) is 11.5. The summed E-state index contributed by atoms with van der Waals surface area (Å²) in [6.07, 6.45) is 29.4. The Labute approximate surface area is 262 Å². The van der Waals surface area contributed by atoms with Crippen LogP contribution in [0.15, 0.2) is 36.7 Å². The lowest BCUT2D eigenvalue weighted by Gasteiger charge is -2.37. The number of hydrogen-bond acceptors (Lipinski definition) is 5. The van der Waals surface area contributed by atoms with Crippen LogP contribution >= 0.6 is 0 Å². The molecule has 0 bridgehead atoms. The first-order chi connectivity index (χ1) is 21.2. The summed E-state index contributed by atoms with van der Waals surface area (Å²) < 4.78 is 11.6. The van der Waals surface area contributed by atoms with Crippen molar-refractivity contribution in [3.63, 3.8) is 0 Å². The van der Waals surface area contributed by atoms with Crippen LogP contribution in [0.2, 0.25) is 0 Å². The lowest BCUT2D eigenvalue weighted by molar-refractivity contribution is -0.140. The molecule has 2 saturated carbocycles. The Morgan fingerprint density at radius 3 is 1.86 bits per heavy atom. The molecule has 2 fully saturated rings. The minimum absolute atomic E-state index is 0.0301. The van der Waals surface area contributed by atoms with Gasteiger partial charge in [0.25, 0.3) is 0 Å². The monoisotopic (exact) mass is 590 g/mol. The lowest BCUT2D eigenvalue weighted by Crippen LogP contribution is -2.30. The molecule has 0 amide bonds. The van der Waals surface area contributed by atoms with Crippen molar-refractivity contribution in [1.82, 2.24) is 9.97 Å². The summed E-state index contributed by atoms with van der Waals surface area (Å²) in [5.41, 5.74) is 0.896. The number of ether oxygens (including phenoxy) is 2. The van der Waals surface area contributed by atoms with Crippen LogP contribution in [0.1, 0.15) is 142 Å². The molecule has 1 aromatic carbocycles. The molecular formula is C38H58N2O3. The minimum atomic E-state index is -0.0682. The molecule has 0 saturated heterocycles. The zero-order valence-corrected chi connectivity index (χ0v) is 27.2. The highest BCUT2D eigenvalue weighted by molar-refractivity contribution is 5.75. The number of aromatic nitrogens is 2. The van der Waals surface area contributed by atoms with Crippen LogP contribution in [-0.2, 0) is 4.79 Å². The summed E-state index contributed by atoms with van der Waals surface area (Å²) in [4.78, 5) is 21.9. The van der Waals surface area contributed by atoms with Crippen LogP contribution in [0.4, 0.5) is 0 Å². The van der Waals surface area contributed by atoms with Crippen molar-refractivity contribution in [2.45, 2.75) is 142 Å². The Morgan fingerprint density at radius 1 is 0.674 bits per heavy atom. The van der Waals surface area contributed by atoms with E-state index in [0.717, 1.165) is 42.6 Å². The van der Waals surface area contributed by atoms with E-state index in [-0.39, 0.29) is 11.9 Å². The van der Waals surface area contributed by atoms with Gasteiger partial charge in [0.15, 0.2) is 11.6 Å². The summed E-state index contributed by atoms with van der Waals surface area (Å²) in [5, 5.41) is 0. The second-order valence-electron chi connectivity index (χ2n) is 13.4. The van der Waals surface area contributed by atoms with E-state index < -0.39 is 0 Å². The van der Waals surface area contributed by atoms with Gasteiger partial charge in [-0.15, -0.1) is 0 Å². The van der Waals surface area contributed by atoms with E-state index in [1.807, 2.05) is 24.3 Å². The Morgan fingerprint density at radius 2 is 1.23 bits per heavy atom. The maximum absolute atomic E-state index is 13.0. The van der Waals surface area contributed by atoms with E-state index in [2.05, 4.69) is 23.8 Å². The molecule has 0 aliphatic heterocycles. The van der Waals surface area contributed by atoms with Crippen molar-refractivity contribution < 1.29 is 14.3 Å². The largest absolute Gasteiger partial charge is 0.490 e. The van der Waals surface area contributed by atoms with Crippen LogP contribution < -0.4 is 9.47 Å². The average molecular weight is 591 g/mol. The predicted octanol–water partition coefficient (Wildman–Crippen LogP) is 10.8. The van der Waals surface area contributed by atoms with Gasteiger partial charge in [-0.2, -0.15) is 0 Å². The van der Waals surface area contributed by atoms with Gasteiger partial charge in [0.1, 0.15) is 5.75 Å². The minimum Gasteiger partial charge on any atom is -0.490 e. The quantitative estimate of drug-likeness (QED) is 0.0981. The Bertz CT molecular complexity index is 1020. The first-order valence-corrected chi connectivity index (χ1v) is 17.9.